The first-order chi connectivity index (χ1) is 19.2. The van der Waals surface area contributed by atoms with Gasteiger partial charge in [-0.25, -0.2) is 9.37 Å². The fourth-order valence-corrected chi connectivity index (χ4v) is 4.59. The molecule has 0 unspecified atom stereocenters. The predicted octanol–water partition coefficient (Wildman–Crippen LogP) is 6.87. The summed E-state index contributed by atoms with van der Waals surface area (Å²) >= 11 is 6.95. The number of carbonyl (C=O) groups is 1. The maximum Gasteiger partial charge on any atom is 0.282 e. The topological polar surface area (TPSA) is 94.8 Å². The third-order valence-electron chi connectivity index (χ3n) is 6.05. The molecule has 0 aliphatic carbocycles. The molecule has 40 heavy (non-hydrogen) atoms. The van der Waals surface area contributed by atoms with Gasteiger partial charge in [-0.2, -0.15) is 9.78 Å². The molecule has 1 aromatic heterocycles. The summed E-state index contributed by atoms with van der Waals surface area (Å²) in [7, 11) is 0. The number of halogens is 3. The Morgan fingerprint density at radius 2 is 1.82 bits per heavy atom. The van der Waals surface area contributed by atoms with Gasteiger partial charge in [-0.1, -0.05) is 29.8 Å². The van der Waals surface area contributed by atoms with Gasteiger partial charge in [0.25, 0.3) is 11.5 Å². The highest BCUT2D eigenvalue weighted by Crippen LogP contribution is 2.33. The SMILES string of the molecule is CCOc1cc(C=Nn2c([C@@H](C)CC)nc3ccc(Br)cc3c2=O)c(Br)cc1OCC(=O)Nc1ccc(F)cc1. The van der Waals surface area contributed by atoms with Crippen molar-refractivity contribution in [3.05, 3.63) is 91.1 Å². The van der Waals surface area contributed by atoms with E-state index in [1.807, 2.05) is 32.9 Å². The van der Waals surface area contributed by atoms with Gasteiger partial charge in [0.1, 0.15) is 11.6 Å². The molecule has 0 fully saturated rings. The number of anilines is 1. The van der Waals surface area contributed by atoms with Gasteiger partial charge in [0.2, 0.25) is 0 Å². The van der Waals surface area contributed by atoms with E-state index in [0.29, 0.717) is 50.6 Å². The third-order valence-corrected chi connectivity index (χ3v) is 7.23. The van der Waals surface area contributed by atoms with Crippen LogP contribution in [-0.2, 0) is 4.79 Å². The van der Waals surface area contributed by atoms with Crippen LogP contribution < -0.4 is 20.3 Å². The maximum atomic E-state index is 13.4. The van der Waals surface area contributed by atoms with Gasteiger partial charge in [0.05, 0.1) is 23.7 Å². The highest BCUT2D eigenvalue weighted by molar-refractivity contribution is 9.10. The van der Waals surface area contributed by atoms with E-state index in [0.717, 1.165) is 10.9 Å². The molecular formula is C29H27Br2FN4O4. The second-order valence-corrected chi connectivity index (χ2v) is 10.7. The zero-order valence-electron chi connectivity index (χ0n) is 22.1. The Morgan fingerprint density at radius 3 is 2.52 bits per heavy atom. The number of hydrogen-bond donors (Lipinski definition) is 1. The van der Waals surface area contributed by atoms with Crippen LogP contribution in [0.1, 0.15) is 44.5 Å². The molecule has 0 aliphatic heterocycles. The summed E-state index contributed by atoms with van der Waals surface area (Å²) in [5.41, 5.74) is 1.42. The molecule has 4 rings (SSSR count). The van der Waals surface area contributed by atoms with Crippen molar-refractivity contribution in [2.24, 2.45) is 5.10 Å². The number of nitrogens with zero attached hydrogens (tertiary/aromatic N) is 3. The summed E-state index contributed by atoms with van der Waals surface area (Å²) in [6, 6.07) is 14.2. The van der Waals surface area contributed by atoms with Gasteiger partial charge < -0.3 is 14.8 Å². The average Bonchev–Trinajstić information content (AvgIpc) is 2.94. The lowest BCUT2D eigenvalue weighted by molar-refractivity contribution is -0.118. The van der Waals surface area contributed by atoms with E-state index >= 15 is 0 Å². The number of amides is 1. The smallest absolute Gasteiger partial charge is 0.282 e. The molecule has 1 atom stereocenters. The summed E-state index contributed by atoms with van der Waals surface area (Å²) in [4.78, 5) is 30.5. The fraction of sp³-hybridized carbons (Fsp3) is 0.241. The number of fused-ring (bicyclic) bond motifs is 1. The molecular weight excluding hydrogens is 647 g/mol. The molecule has 11 heteroatoms. The lowest BCUT2D eigenvalue weighted by atomic mass is 10.1. The monoisotopic (exact) mass is 672 g/mol. The highest BCUT2D eigenvalue weighted by Gasteiger charge is 2.17. The molecule has 1 heterocycles. The van der Waals surface area contributed by atoms with E-state index in [4.69, 9.17) is 14.5 Å². The zero-order chi connectivity index (χ0) is 28.8. The molecule has 1 amide bonds. The molecule has 0 spiro atoms. The highest BCUT2D eigenvalue weighted by atomic mass is 79.9. The van der Waals surface area contributed by atoms with Crippen molar-refractivity contribution in [3.8, 4) is 11.5 Å². The van der Waals surface area contributed by atoms with Crippen LogP contribution in [0.5, 0.6) is 11.5 Å². The van der Waals surface area contributed by atoms with E-state index in [2.05, 4.69) is 42.3 Å². The van der Waals surface area contributed by atoms with Crippen LogP contribution in [0.15, 0.2) is 73.4 Å². The van der Waals surface area contributed by atoms with Crippen molar-refractivity contribution in [2.45, 2.75) is 33.1 Å². The number of rotatable bonds is 10. The quantitative estimate of drug-likeness (QED) is 0.185. The van der Waals surface area contributed by atoms with E-state index in [1.54, 1.807) is 24.4 Å². The number of nitrogens with one attached hydrogen (secondary N) is 1. The summed E-state index contributed by atoms with van der Waals surface area (Å²) < 4.78 is 27.3. The minimum Gasteiger partial charge on any atom is -0.490 e. The van der Waals surface area contributed by atoms with Gasteiger partial charge in [-0.15, -0.1) is 0 Å². The van der Waals surface area contributed by atoms with Crippen LogP contribution in [-0.4, -0.2) is 35.0 Å². The van der Waals surface area contributed by atoms with Crippen molar-refractivity contribution < 1.29 is 18.7 Å². The van der Waals surface area contributed by atoms with Gasteiger partial charge in [-0.3, -0.25) is 9.59 Å². The number of hydrogen-bond acceptors (Lipinski definition) is 6. The molecule has 208 valence electrons. The lowest BCUT2D eigenvalue weighted by Gasteiger charge is -2.15. The minimum atomic E-state index is -0.414. The van der Waals surface area contributed by atoms with Crippen molar-refractivity contribution in [1.29, 1.82) is 0 Å². The standard InChI is InChI=1S/C29H27Br2FN4O4/c1-4-17(3)28-35-24-11-6-19(30)13-22(24)29(38)36(28)33-15-18-12-25(39-5-2)26(14-23(18)31)40-16-27(37)34-21-9-7-20(32)8-10-21/h6-15,17H,4-5,16H2,1-3H3,(H,34,37)/t17-/m0/s1. The van der Waals surface area contributed by atoms with Crippen LogP contribution in [0, 0.1) is 5.82 Å². The number of aromatic nitrogens is 2. The summed E-state index contributed by atoms with van der Waals surface area (Å²) in [6.07, 6.45) is 2.33. The van der Waals surface area contributed by atoms with E-state index in [9.17, 15) is 14.0 Å². The first kappa shape index (κ1) is 29.4. The molecule has 8 nitrogen and oxygen atoms in total. The van der Waals surface area contributed by atoms with Gasteiger partial charge >= 0.3 is 0 Å². The third kappa shape index (κ3) is 6.95. The zero-order valence-corrected chi connectivity index (χ0v) is 25.3. The molecule has 3 aromatic carbocycles. The van der Waals surface area contributed by atoms with Crippen molar-refractivity contribution >= 4 is 60.6 Å². The first-order valence-corrected chi connectivity index (χ1v) is 14.2. The van der Waals surface area contributed by atoms with Crippen molar-refractivity contribution in [2.75, 3.05) is 18.5 Å². The van der Waals surface area contributed by atoms with Crippen LogP contribution in [0.25, 0.3) is 10.9 Å². The van der Waals surface area contributed by atoms with Gasteiger partial charge in [-0.05, 0) is 83.9 Å². The Balaban J connectivity index is 1.62. The number of benzene rings is 3. The lowest BCUT2D eigenvalue weighted by Crippen LogP contribution is -2.23. The second kappa shape index (κ2) is 13.2. The summed E-state index contributed by atoms with van der Waals surface area (Å²) in [6.45, 7) is 5.93. The largest absolute Gasteiger partial charge is 0.490 e. The van der Waals surface area contributed by atoms with E-state index in [-0.39, 0.29) is 18.1 Å². The van der Waals surface area contributed by atoms with Gasteiger partial charge in [0.15, 0.2) is 18.1 Å². The molecule has 4 aromatic rings. The number of carbonyl (C=O) groups excluding carboxylic acids is 1. The second-order valence-electron chi connectivity index (χ2n) is 8.90. The Bertz CT molecular complexity index is 1620. The van der Waals surface area contributed by atoms with Gasteiger partial charge in [0, 0.05) is 26.1 Å². The van der Waals surface area contributed by atoms with Crippen LogP contribution >= 0.6 is 31.9 Å². The van der Waals surface area contributed by atoms with Crippen LogP contribution in [0.2, 0.25) is 0 Å². The molecule has 0 saturated carbocycles. The summed E-state index contributed by atoms with van der Waals surface area (Å²) in [5, 5.41) is 7.63. The van der Waals surface area contributed by atoms with Crippen LogP contribution in [0.4, 0.5) is 10.1 Å². The summed E-state index contributed by atoms with van der Waals surface area (Å²) in [5.74, 6) is 0.494. The molecule has 0 saturated heterocycles. The Kier molecular flexibility index (Phi) is 9.70. The molecule has 1 N–H and O–H groups in total. The Hall–Kier alpha value is -3.57. The van der Waals surface area contributed by atoms with Crippen molar-refractivity contribution in [3.63, 3.8) is 0 Å². The first-order valence-electron chi connectivity index (χ1n) is 12.6. The molecule has 0 aliphatic rings. The van der Waals surface area contributed by atoms with Crippen LogP contribution in [0.3, 0.4) is 0 Å². The molecule has 0 radical (unpaired) electrons. The minimum absolute atomic E-state index is 0.00263. The van der Waals surface area contributed by atoms with Crippen molar-refractivity contribution in [1.82, 2.24) is 9.66 Å². The van der Waals surface area contributed by atoms with E-state index < -0.39 is 11.7 Å². The fourth-order valence-electron chi connectivity index (χ4n) is 3.80. The normalized spacial score (nSPS) is 12.1. The predicted molar refractivity (Wildman–Crippen MR) is 161 cm³/mol. The average molecular weight is 674 g/mol. The van der Waals surface area contributed by atoms with E-state index in [1.165, 1.54) is 28.9 Å². The Morgan fingerprint density at radius 1 is 1.10 bits per heavy atom. The maximum absolute atomic E-state index is 13.4. The molecule has 0 bridgehead atoms. The Labute approximate surface area is 247 Å². The number of ether oxygens (including phenoxy) is 2.